The van der Waals surface area contributed by atoms with E-state index in [9.17, 15) is 4.79 Å². The van der Waals surface area contributed by atoms with Gasteiger partial charge in [-0.05, 0) is 38.3 Å². The molecule has 1 aliphatic rings. The predicted octanol–water partition coefficient (Wildman–Crippen LogP) is 3.27. The number of hydrogen-bond donors (Lipinski definition) is 0. The molecule has 0 aliphatic carbocycles. The van der Waals surface area contributed by atoms with Crippen LogP contribution in [0, 0.1) is 0 Å². The largest absolute Gasteiger partial charge is 0.444 e. The number of amides is 1. The Morgan fingerprint density at radius 2 is 2.26 bits per heavy atom. The van der Waals surface area contributed by atoms with Crippen LogP contribution in [0.1, 0.15) is 37.6 Å². The molecule has 0 radical (unpaired) electrons. The van der Waals surface area contributed by atoms with E-state index in [-0.39, 0.29) is 6.09 Å². The summed E-state index contributed by atoms with van der Waals surface area (Å²) < 4.78 is 5.39. The van der Waals surface area contributed by atoms with Crippen LogP contribution in [0.4, 0.5) is 4.79 Å². The fraction of sp³-hybridized carbons (Fsp3) is 0.571. The van der Waals surface area contributed by atoms with Crippen molar-refractivity contribution in [1.29, 1.82) is 0 Å². The Morgan fingerprint density at radius 3 is 2.89 bits per heavy atom. The van der Waals surface area contributed by atoms with Crippen molar-refractivity contribution in [1.82, 2.24) is 9.88 Å². The van der Waals surface area contributed by atoms with Crippen LogP contribution in [0.5, 0.6) is 0 Å². The molecule has 1 aromatic heterocycles. The summed E-state index contributed by atoms with van der Waals surface area (Å²) in [6, 6.07) is 2.16. The lowest BCUT2D eigenvalue weighted by atomic mass is 10.0. The maximum atomic E-state index is 12.0. The van der Waals surface area contributed by atoms with Gasteiger partial charge in [-0.2, -0.15) is 0 Å². The van der Waals surface area contributed by atoms with Gasteiger partial charge in [0.05, 0.1) is 12.2 Å². The minimum Gasteiger partial charge on any atom is -0.444 e. The van der Waals surface area contributed by atoms with Gasteiger partial charge in [-0.3, -0.25) is 4.98 Å². The number of carbonyl (C=O) groups excluding carboxylic acids is 1. The molecule has 1 aromatic rings. The number of rotatable bonds is 1. The number of alkyl halides is 1. The number of halogens is 1. The topological polar surface area (TPSA) is 42.4 Å². The third kappa shape index (κ3) is 3.69. The first kappa shape index (κ1) is 14.3. The maximum Gasteiger partial charge on any atom is 0.410 e. The molecule has 0 saturated heterocycles. The van der Waals surface area contributed by atoms with E-state index in [0.29, 0.717) is 13.1 Å². The van der Waals surface area contributed by atoms with Gasteiger partial charge >= 0.3 is 6.09 Å². The quantitative estimate of drug-likeness (QED) is 0.744. The minimum absolute atomic E-state index is 0.260. The van der Waals surface area contributed by atoms with E-state index in [0.717, 1.165) is 17.4 Å². The Hall–Kier alpha value is -1.10. The molecule has 4 nitrogen and oxygen atoms in total. The molecule has 2 rings (SSSR count). The van der Waals surface area contributed by atoms with Gasteiger partial charge in [0.25, 0.3) is 0 Å². The summed E-state index contributed by atoms with van der Waals surface area (Å²) in [5, 5.41) is 0.809. The first-order valence-corrected chi connectivity index (χ1v) is 7.52. The molecule has 0 unspecified atom stereocenters. The molecule has 19 heavy (non-hydrogen) atoms. The molecule has 2 heterocycles. The first-order valence-electron chi connectivity index (χ1n) is 6.39. The van der Waals surface area contributed by atoms with Gasteiger partial charge < -0.3 is 9.64 Å². The molecule has 5 heteroatoms. The highest BCUT2D eigenvalue weighted by molar-refractivity contribution is 9.08. The maximum absolute atomic E-state index is 12.0. The Morgan fingerprint density at radius 1 is 1.53 bits per heavy atom. The molecule has 0 aromatic carbocycles. The summed E-state index contributed by atoms with van der Waals surface area (Å²) >= 11 is 3.43. The Bertz CT molecular complexity index is 483. The summed E-state index contributed by atoms with van der Waals surface area (Å²) in [4.78, 5) is 18.2. The molecule has 0 spiro atoms. The normalized spacial score (nSPS) is 15.1. The van der Waals surface area contributed by atoms with E-state index in [1.807, 2.05) is 27.0 Å². The van der Waals surface area contributed by atoms with Crippen molar-refractivity contribution in [2.75, 3.05) is 6.54 Å². The van der Waals surface area contributed by atoms with Crippen LogP contribution >= 0.6 is 15.9 Å². The van der Waals surface area contributed by atoms with E-state index in [1.54, 1.807) is 4.90 Å². The number of carbonyl (C=O) groups is 1. The van der Waals surface area contributed by atoms with E-state index < -0.39 is 5.60 Å². The van der Waals surface area contributed by atoms with Gasteiger partial charge in [-0.25, -0.2) is 4.79 Å². The van der Waals surface area contributed by atoms with Gasteiger partial charge in [-0.15, -0.1) is 0 Å². The highest BCUT2D eigenvalue weighted by atomic mass is 79.9. The van der Waals surface area contributed by atoms with Crippen LogP contribution in [0.2, 0.25) is 0 Å². The molecule has 1 aliphatic heterocycles. The van der Waals surface area contributed by atoms with E-state index in [2.05, 4.69) is 27.0 Å². The fourth-order valence-electron chi connectivity index (χ4n) is 2.02. The number of pyridine rings is 1. The van der Waals surface area contributed by atoms with Crippen molar-refractivity contribution in [3.05, 3.63) is 29.1 Å². The standard InChI is InChI=1S/C14H19BrN2O2/c1-14(2,3)19-13(18)17-5-4-11-6-10(7-15)8-16-12(11)9-17/h6,8H,4-5,7,9H2,1-3H3. The van der Waals surface area contributed by atoms with Crippen LogP contribution in [0.3, 0.4) is 0 Å². The Balaban J connectivity index is 2.08. The number of nitrogens with zero attached hydrogens (tertiary/aromatic N) is 2. The highest BCUT2D eigenvalue weighted by Crippen LogP contribution is 2.21. The average molecular weight is 327 g/mol. The zero-order chi connectivity index (χ0) is 14.0. The van der Waals surface area contributed by atoms with Crippen molar-refractivity contribution in [2.45, 2.75) is 44.7 Å². The lowest BCUT2D eigenvalue weighted by Crippen LogP contribution is -2.40. The second kappa shape index (κ2) is 5.49. The van der Waals surface area contributed by atoms with Crippen molar-refractivity contribution < 1.29 is 9.53 Å². The summed E-state index contributed by atoms with van der Waals surface area (Å²) in [6.07, 6.45) is 2.43. The molecule has 0 atom stereocenters. The first-order chi connectivity index (χ1) is 8.89. The lowest BCUT2D eigenvalue weighted by Gasteiger charge is -2.30. The molecule has 104 valence electrons. The monoisotopic (exact) mass is 326 g/mol. The number of fused-ring (bicyclic) bond motifs is 1. The van der Waals surface area contributed by atoms with Crippen LogP contribution in [0.25, 0.3) is 0 Å². The van der Waals surface area contributed by atoms with Crippen LogP contribution < -0.4 is 0 Å². The zero-order valence-electron chi connectivity index (χ0n) is 11.6. The second-order valence-corrected chi connectivity index (χ2v) is 6.30. The van der Waals surface area contributed by atoms with Crippen molar-refractivity contribution in [3.63, 3.8) is 0 Å². The number of hydrogen-bond acceptors (Lipinski definition) is 3. The Labute approximate surface area is 122 Å². The summed E-state index contributed by atoms with van der Waals surface area (Å²) in [7, 11) is 0. The summed E-state index contributed by atoms with van der Waals surface area (Å²) in [5.74, 6) is 0. The second-order valence-electron chi connectivity index (χ2n) is 5.73. The molecular weight excluding hydrogens is 308 g/mol. The molecule has 0 N–H and O–H groups in total. The molecule has 0 bridgehead atoms. The van der Waals surface area contributed by atoms with Gasteiger partial charge in [0.1, 0.15) is 5.60 Å². The van der Waals surface area contributed by atoms with E-state index in [4.69, 9.17) is 4.74 Å². The van der Waals surface area contributed by atoms with Crippen LogP contribution in [0.15, 0.2) is 12.3 Å². The number of aromatic nitrogens is 1. The molecule has 0 fully saturated rings. The van der Waals surface area contributed by atoms with Gasteiger partial charge in [0.2, 0.25) is 0 Å². The lowest BCUT2D eigenvalue weighted by molar-refractivity contribution is 0.0221. The molecular formula is C14H19BrN2O2. The third-order valence-electron chi connectivity index (χ3n) is 2.91. The SMILES string of the molecule is CC(C)(C)OC(=O)N1CCc2cc(CBr)cnc2C1. The molecule has 1 amide bonds. The molecule has 0 saturated carbocycles. The number of ether oxygens (including phenoxy) is 1. The third-order valence-corrected chi connectivity index (χ3v) is 3.56. The van der Waals surface area contributed by atoms with Crippen LogP contribution in [-0.2, 0) is 23.0 Å². The van der Waals surface area contributed by atoms with Gasteiger partial charge in [0, 0.05) is 18.1 Å². The Kier molecular flexibility index (Phi) is 4.13. The highest BCUT2D eigenvalue weighted by Gasteiger charge is 2.26. The van der Waals surface area contributed by atoms with Crippen molar-refractivity contribution in [3.8, 4) is 0 Å². The predicted molar refractivity (Wildman–Crippen MR) is 77.2 cm³/mol. The van der Waals surface area contributed by atoms with E-state index in [1.165, 1.54) is 11.1 Å². The minimum atomic E-state index is -0.454. The van der Waals surface area contributed by atoms with Gasteiger partial charge in [-0.1, -0.05) is 22.0 Å². The van der Waals surface area contributed by atoms with Crippen molar-refractivity contribution >= 4 is 22.0 Å². The van der Waals surface area contributed by atoms with Crippen LogP contribution in [-0.4, -0.2) is 28.1 Å². The fourth-order valence-corrected chi connectivity index (χ4v) is 2.32. The van der Waals surface area contributed by atoms with Gasteiger partial charge in [0.15, 0.2) is 0 Å². The summed E-state index contributed by atoms with van der Waals surface area (Å²) in [5.41, 5.74) is 2.92. The smallest absolute Gasteiger partial charge is 0.410 e. The van der Waals surface area contributed by atoms with Crippen molar-refractivity contribution in [2.24, 2.45) is 0 Å². The zero-order valence-corrected chi connectivity index (χ0v) is 13.2. The van der Waals surface area contributed by atoms with E-state index >= 15 is 0 Å². The average Bonchev–Trinajstić information content (AvgIpc) is 2.35. The summed E-state index contributed by atoms with van der Waals surface area (Å²) in [6.45, 7) is 6.86.